The number of hydrogen-bond acceptors (Lipinski definition) is 5. The molecule has 0 aliphatic heterocycles. The van der Waals surface area contributed by atoms with E-state index >= 15 is 0 Å². The van der Waals surface area contributed by atoms with Gasteiger partial charge in [-0.25, -0.2) is 14.3 Å². The highest BCUT2D eigenvalue weighted by Gasteiger charge is 2.21. The molecule has 150 valence electrons. The molecule has 9 heteroatoms. The average molecular weight is 422 g/mol. The summed E-state index contributed by atoms with van der Waals surface area (Å²) < 4.78 is 1.52. The number of halogens is 1. The number of nitrogens with one attached hydrogen (secondary N) is 1. The number of rotatable bonds is 5. The molecule has 2 N–H and O–H groups in total. The van der Waals surface area contributed by atoms with Crippen LogP contribution in [-0.4, -0.2) is 36.6 Å². The third kappa shape index (κ3) is 3.60. The summed E-state index contributed by atoms with van der Waals surface area (Å²) in [6.45, 7) is 1.84. The van der Waals surface area contributed by atoms with Crippen LogP contribution in [0.4, 0.5) is 5.69 Å². The summed E-state index contributed by atoms with van der Waals surface area (Å²) in [6.07, 6.45) is 3.47. The van der Waals surface area contributed by atoms with Gasteiger partial charge in [-0.1, -0.05) is 30.7 Å². The number of nitrogens with zero attached hydrogens (tertiary/aromatic N) is 4. The van der Waals surface area contributed by atoms with Gasteiger partial charge in [-0.05, 0) is 36.8 Å². The minimum Gasteiger partial charge on any atom is -0.477 e. The predicted molar refractivity (Wildman–Crippen MR) is 112 cm³/mol. The van der Waals surface area contributed by atoms with Gasteiger partial charge in [-0.2, -0.15) is 5.10 Å². The summed E-state index contributed by atoms with van der Waals surface area (Å²) in [7, 11) is 0. The summed E-state index contributed by atoms with van der Waals surface area (Å²) in [5, 5.41) is 17.2. The molecule has 0 bridgehead atoms. The highest BCUT2D eigenvalue weighted by molar-refractivity contribution is 6.31. The average Bonchev–Trinajstić information content (AvgIpc) is 3.13. The second-order valence-electron chi connectivity index (χ2n) is 6.44. The van der Waals surface area contributed by atoms with E-state index in [0.717, 1.165) is 5.56 Å². The summed E-state index contributed by atoms with van der Waals surface area (Å²) in [5.41, 5.74) is 2.96. The topological polar surface area (TPSA) is 109 Å². The predicted octanol–water partition coefficient (Wildman–Crippen LogP) is 3.96. The van der Waals surface area contributed by atoms with Crippen molar-refractivity contribution in [2.24, 2.45) is 0 Å². The maximum absolute atomic E-state index is 12.5. The first-order valence-corrected chi connectivity index (χ1v) is 9.49. The van der Waals surface area contributed by atoms with Gasteiger partial charge in [0.15, 0.2) is 5.65 Å². The maximum Gasteiger partial charge on any atom is 0.341 e. The Hall–Kier alpha value is -3.78. The molecule has 0 aliphatic carbocycles. The van der Waals surface area contributed by atoms with E-state index in [1.54, 1.807) is 36.5 Å². The van der Waals surface area contributed by atoms with Crippen molar-refractivity contribution in [3.8, 4) is 11.3 Å². The summed E-state index contributed by atoms with van der Waals surface area (Å²) in [4.78, 5) is 32.4. The van der Waals surface area contributed by atoms with Crippen LogP contribution in [-0.2, 0) is 6.42 Å². The minimum absolute atomic E-state index is 0.0934. The SMILES string of the molecule is CCc1nn2c(-c3cccc(NC(=O)c4cc(Cl)ccn4)c3)ccnc2c1C(=O)O. The van der Waals surface area contributed by atoms with Crippen molar-refractivity contribution >= 4 is 34.8 Å². The first-order valence-electron chi connectivity index (χ1n) is 9.11. The lowest BCUT2D eigenvalue weighted by atomic mass is 10.1. The van der Waals surface area contributed by atoms with Gasteiger partial charge in [0.05, 0.1) is 11.4 Å². The van der Waals surface area contributed by atoms with Crippen molar-refractivity contribution in [3.05, 3.63) is 76.8 Å². The van der Waals surface area contributed by atoms with Crippen LogP contribution in [0, 0.1) is 0 Å². The van der Waals surface area contributed by atoms with E-state index in [2.05, 4.69) is 20.4 Å². The van der Waals surface area contributed by atoms with Crippen molar-refractivity contribution in [1.82, 2.24) is 19.6 Å². The molecule has 0 atom stereocenters. The Morgan fingerprint density at radius 1 is 1.13 bits per heavy atom. The third-order valence-electron chi connectivity index (χ3n) is 4.51. The molecule has 30 heavy (non-hydrogen) atoms. The number of benzene rings is 1. The maximum atomic E-state index is 12.5. The van der Waals surface area contributed by atoms with Crippen LogP contribution >= 0.6 is 11.6 Å². The van der Waals surface area contributed by atoms with Crippen LogP contribution in [0.5, 0.6) is 0 Å². The highest BCUT2D eigenvalue weighted by atomic mass is 35.5. The molecule has 0 unspecified atom stereocenters. The van der Waals surface area contributed by atoms with Crippen molar-refractivity contribution in [1.29, 1.82) is 0 Å². The van der Waals surface area contributed by atoms with Gasteiger partial charge >= 0.3 is 5.97 Å². The molecule has 1 aromatic carbocycles. The Morgan fingerprint density at radius 3 is 2.67 bits per heavy atom. The number of aryl methyl sites for hydroxylation is 1. The number of carboxylic acid groups (broad SMARTS) is 1. The van der Waals surface area contributed by atoms with Crippen LogP contribution in [0.25, 0.3) is 16.9 Å². The van der Waals surface area contributed by atoms with Crippen molar-refractivity contribution < 1.29 is 14.7 Å². The molecule has 1 amide bonds. The fourth-order valence-electron chi connectivity index (χ4n) is 3.15. The number of carbonyl (C=O) groups is 2. The van der Waals surface area contributed by atoms with Crippen LogP contribution < -0.4 is 5.32 Å². The highest BCUT2D eigenvalue weighted by Crippen LogP contribution is 2.25. The zero-order chi connectivity index (χ0) is 21.3. The van der Waals surface area contributed by atoms with Crippen LogP contribution in [0.2, 0.25) is 5.02 Å². The van der Waals surface area contributed by atoms with Gasteiger partial charge in [0.25, 0.3) is 5.91 Å². The van der Waals surface area contributed by atoms with E-state index in [1.165, 1.54) is 16.8 Å². The molecule has 4 aromatic rings. The Bertz CT molecular complexity index is 1280. The number of pyridine rings is 1. The molecule has 0 radical (unpaired) electrons. The molecule has 0 saturated carbocycles. The number of amides is 1. The molecular formula is C21H16ClN5O3. The van der Waals surface area contributed by atoms with E-state index < -0.39 is 11.9 Å². The zero-order valence-electron chi connectivity index (χ0n) is 15.8. The summed E-state index contributed by atoms with van der Waals surface area (Å²) in [6, 6.07) is 12.0. The number of anilines is 1. The molecular weight excluding hydrogens is 406 g/mol. The first kappa shape index (κ1) is 19.5. The van der Waals surface area contributed by atoms with Crippen LogP contribution in [0.15, 0.2) is 54.9 Å². The lowest BCUT2D eigenvalue weighted by Gasteiger charge is -2.09. The Balaban J connectivity index is 1.73. The molecule has 0 spiro atoms. The molecule has 3 aromatic heterocycles. The van der Waals surface area contributed by atoms with E-state index in [9.17, 15) is 14.7 Å². The zero-order valence-corrected chi connectivity index (χ0v) is 16.6. The monoisotopic (exact) mass is 421 g/mol. The van der Waals surface area contributed by atoms with Gasteiger partial charge in [0.2, 0.25) is 0 Å². The Labute approximate surface area is 176 Å². The van der Waals surface area contributed by atoms with Gasteiger partial charge in [0, 0.05) is 28.7 Å². The second-order valence-corrected chi connectivity index (χ2v) is 6.88. The standard InChI is InChI=1S/C21H16ClN5O3/c1-2-15-18(21(29)30)19-24-9-7-17(27(19)26-15)12-4-3-5-14(10-12)25-20(28)16-11-13(22)6-8-23-16/h3-11H,2H2,1H3,(H,25,28)(H,29,30). The van der Waals surface area contributed by atoms with Gasteiger partial charge in [0.1, 0.15) is 11.3 Å². The van der Waals surface area contributed by atoms with E-state index in [0.29, 0.717) is 28.5 Å². The second kappa shape index (κ2) is 7.92. The van der Waals surface area contributed by atoms with Gasteiger partial charge < -0.3 is 10.4 Å². The number of aromatic nitrogens is 4. The largest absolute Gasteiger partial charge is 0.477 e. The van der Waals surface area contributed by atoms with Crippen molar-refractivity contribution in [3.63, 3.8) is 0 Å². The molecule has 3 heterocycles. The number of aromatic carboxylic acids is 1. The normalized spacial score (nSPS) is 10.9. The Kier molecular flexibility index (Phi) is 5.16. The Morgan fingerprint density at radius 2 is 1.93 bits per heavy atom. The fraction of sp³-hybridized carbons (Fsp3) is 0.0952. The third-order valence-corrected chi connectivity index (χ3v) is 4.75. The summed E-state index contributed by atoms with van der Waals surface area (Å²) in [5.74, 6) is -1.46. The molecule has 4 rings (SSSR count). The van der Waals surface area contributed by atoms with Gasteiger partial charge in [-0.3, -0.25) is 9.78 Å². The van der Waals surface area contributed by atoms with E-state index in [4.69, 9.17) is 11.6 Å². The van der Waals surface area contributed by atoms with E-state index in [1.807, 2.05) is 13.0 Å². The molecule has 0 fully saturated rings. The molecule has 0 aliphatic rings. The fourth-order valence-corrected chi connectivity index (χ4v) is 3.31. The van der Waals surface area contributed by atoms with Gasteiger partial charge in [-0.15, -0.1) is 0 Å². The lowest BCUT2D eigenvalue weighted by molar-refractivity contribution is 0.0697. The molecule has 0 saturated heterocycles. The number of hydrogen-bond donors (Lipinski definition) is 2. The quantitative estimate of drug-likeness (QED) is 0.504. The minimum atomic E-state index is -1.07. The number of carboxylic acids is 1. The van der Waals surface area contributed by atoms with E-state index in [-0.39, 0.29) is 16.9 Å². The van der Waals surface area contributed by atoms with Crippen LogP contribution in [0.3, 0.4) is 0 Å². The summed E-state index contributed by atoms with van der Waals surface area (Å²) >= 11 is 5.92. The van der Waals surface area contributed by atoms with Crippen molar-refractivity contribution in [2.75, 3.05) is 5.32 Å². The molecule has 8 nitrogen and oxygen atoms in total. The lowest BCUT2D eigenvalue weighted by Crippen LogP contribution is -2.13. The van der Waals surface area contributed by atoms with Crippen LogP contribution in [0.1, 0.15) is 33.5 Å². The smallest absolute Gasteiger partial charge is 0.341 e. The first-order chi connectivity index (χ1) is 14.5. The number of carbonyl (C=O) groups excluding carboxylic acids is 1. The number of fused-ring (bicyclic) bond motifs is 1. The van der Waals surface area contributed by atoms with Crippen molar-refractivity contribution in [2.45, 2.75) is 13.3 Å².